The van der Waals surface area contributed by atoms with Crippen molar-refractivity contribution in [3.05, 3.63) is 35.4 Å². The van der Waals surface area contributed by atoms with E-state index in [1.165, 1.54) is 11.1 Å². The number of carboxylic acid groups (broad SMARTS) is 1. The Hall–Kier alpha value is -1.88. The van der Waals surface area contributed by atoms with E-state index in [0.29, 0.717) is 19.6 Å². The van der Waals surface area contributed by atoms with Crippen LogP contribution in [0.25, 0.3) is 0 Å². The van der Waals surface area contributed by atoms with E-state index in [2.05, 4.69) is 6.07 Å². The average Bonchev–Trinajstić information content (AvgIpc) is 2.45. The molecule has 1 heterocycles. The Morgan fingerprint density at radius 1 is 1.25 bits per heavy atom. The highest BCUT2D eigenvalue weighted by Crippen LogP contribution is 2.18. The molecule has 0 atom stereocenters. The number of carbonyl (C=O) groups excluding carboxylic acids is 1. The highest BCUT2D eigenvalue weighted by atomic mass is 16.4. The first kappa shape index (κ1) is 14.5. The number of hydrogen-bond acceptors (Lipinski definition) is 3. The van der Waals surface area contributed by atoms with E-state index in [4.69, 9.17) is 5.11 Å². The zero-order chi connectivity index (χ0) is 14.5. The fourth-order valence-electron chi connectivity index (χ4n) is 2.47. The van der Waals surface area contributed by atoms with Gasteiger partial charge in [0.25, 0.3) is 0 Å². The van der Waals surface area contributed by atoms with Gasteiger partial charge in [0.05, 0.1) is 13.1 Å². The molecule has 5 nitrogen and oxygen atoms in total. The fraction of sp³-hybridized carbons (Fsp3) is 0.467. The van der Waals surface area contributed by atoms with Gasteiger partial charge in [0, 0.05) is 13.1 Å². The average molecular weight is 276 g/mol. The summed E-state index contributed by atoms with van der Waals surface area (Å²) in [4.78, 5) is 26.4. The van der Waals surface area contributed by atoms with Crippen molar-refractivity contribution in [1.29, 1.82) is 0 Å². The molecule has 20 heavy (non-hydrogen) atoms. The maximum Gasteiger partial charge on any atom is 0.317 e. The van der Waals surface area contributed by atoms with E-state index in [9.17, 15) is 9.59 Å². The van der Waals surface area contributed by atoms with Crippen molar-refractivity contribution < 1.29 is 14.7 Å². The summed E-state index contributed by atoms with van der Waals surface area (Å²) in [6.07, 6.45) is 0.868. The predicted molar refractivity (Wildman–Crippen MR) is 75.3 cm³/mol. The number of hydrogen-bond donors (Lipinski definition) is 1. The summed E-state index contributed by atoms with van der Waals surface area (Å²) in [6.45, 7) is 3.84. The van der Waals surface area contributed by atoms with Crippen molar-refractivity contribution in [1.82, 2.24) is 9.80 Å². The molecular formula is C15H20N2O3. The molecule has 0 fully saturated rings. The minimum absolute atomic E-state index is 0.00241. The van der Waals surface area contributed by atoms with Crippen LogP contribution in [0.15, 0.2) is 24.3 Å². The molecule has 0 saturated heterocycles. The van der Waals surface area contributed by atoms with Crippen LogP contribution in [0.1, 0.15) is 18.1 Å². The maximum absolute atomic E-state index is 12.3. The second kappa shape index (κ2) is 6.52. The molecule has 2 rings (SSSR count). The lowest BCUT2D eigenvalue weighted by Gasteiger charge is -2.30. The van der Waals surface area contributed by atoms with Crippen LogP contribution in [0.4, 0.5) is 0 Å². The quantitative estimate of drug-likeness (QED) is 0.871. The molecule has 5 heteroatoms. The van der Waals surface area contributed by atoms with E-state index < -0.39 is 5.97 Å². The molecule has 1 aromatic carbocycles. The molecule has 0 spiro atoms. The predicted octanol–water partition coefficient (Wildman–Crippen LogP) is 0.978. The largest absolute Gasteiger partial charge is 0.480 e. The lowest BCUT2D eigenvalue weighted by Crippen LogP contribution is -2.44. The van der Waals surface area contributed by atoms with Crippen molar-refractivity contribution in [3.63, 3.8) is 0 Å². The normalized spacial score (nSPS) is 14.2. The van der Waals surface area contributed by atoms with Crippen LogP contribution in [0, 0.1) is 0 Å². The lowest BCUT2D eigenvalue weighted by molar-refractivity contribution is -0.139. The van der Waals surface area contributed by atoms with Crippen LogP contribution in [-0.4, -0.2) is 53.0 Å². The summed E-state index contributed by atoms with van der Waals surface area (Å²) in [5.41, 5.74) is 2.49. The summed E-state index contributed by atoms with van der Waals surface area (Å²) in [7, 11) is 0. The van der Waals surface area contributed by atoms with Crippen molar-refractivity contribution in [2.45, 2.75) is 19.9 Å². The summed E-state index contributed by atoms with van der Waals surface area (Å²) in [5.74, 6) is -0.897. The van der Waals surface area contributed by atoms with E-state index >= 15 is 0 Å². The summed E-state index contributed by atoms with van der Waals surface area (Å²) in [5, 5.41) is 8.80. The van der Waals surface area contributed by atoms with E-state index in [-0.39, 0.29) is 19.0 Å². The van der Waals surface area contributed by atoms with Crippen molar-refractivity contribution >= 4 is 11.9 Å². The van der Waals surface area contributed by atoms with Gasteiger partial charge < -0.3 is 10.0 Å². The van der Waals surface area contributed by atoms with Gasteiger partial charge in [0.2, 0.25) is 5.91 Å². The molecule has 1 aromatic rings. The van der Waals surface area contributed by atoms with Crippen LogP contribution in [0.3, 0.4) is 0 Å². The van der Waals surface area contributed by atoms with Crippen LogP contribution < -0.4 is 0 Å². The lowest BCUT2D eigenvalue weighted by atomic mass is 10.00. The fourth-order valence-corrected chi connectivity index (χ4v) is 2.47. The maximum atomic E-state index is 12.3. The highest BCUT2D eigenvalue weighted by molar-refractivity contribution is 5.79. The Morgan fingerprint density at radius 3 is 2.60 bits per heavy atom. The first-order valence-corrected chi connectivity index (χ1v) is 6.89. The van der Waals surface area contributed by atoms with Crippen LogP contribution in [-0.2, 0) is 22.6 Å². The van der Waals surface area contributed by atoms with Gasteiger partial charge in [-0.3, -0.25) is 14.5 Å². The third kappa shape index (κ3) is 3.57. The Labute approximate surface area is 118 Å². The third-order valence-electron chi connectivity index (χ3n) is 3.65. The number of carboxylic acids is 1. The van der Waals surface area contributed by atoms with Gasteiger partial charge in [0.15, 0.2) is 0 Å². The van der Waals surface area contributed by atoms with Crippen LogP contribution >= 0.6 is 0 Å². The molecule has 1 aliphatic rings. The highest BCUT2D eigenvalue weighted by Gasteiger charge is 2.22. The first-order valence-electron chi connectivity index (χ1n) is 6.89. The van der Waals surface area contributed by atoms with E-state index in [1.807, 2.05) is 30.0 Å². The van der Waals surface area contributed by atoms with Crippen LogP contribution in [0.5, 0.6) is 0 Å². The summed E-state index contributed by atoms with van der Waals surface area (Å²) < 4.78 is 0. The molecule has 0 unspecified atom stereocenters. The Bertz CT molecular complexity index is 502. The molecule has 0 aromatic heterocycles. The molecule has 108 valence electrons. The van der Waals surface area contributed by atoms with Gasteiger partial charge in [-0.1, -0.05) is 31.2 Å². The van der Waals surface area contributed by atoms with E-state index in [0.717, 1.165) is 6.42 Å². The van der Waals surface area contributed by atoms with Gasteiger partial charge in [-0.05, 0) is 24.1 Å². The number of nitrogens with zero attached hydrogens (tertiary/aromatic N) is 2. The van der Waals surface area contributed by atoms with Gasteiger partial charge in [0.1, 0.15) is 0 Å². The topological polar surface area (TPSA) is 60.9 Å². The molecule has 1 aliphatic heterocycles. The number of fused-ring (bicyclic) bond motifs is 1. The zero-order valence-electron chi connectivity index (χ0n) is 11.7. The molecule has 1 N–H and O–H groups in total. The van der Waals surface area contributed by atoms with Crippen LogP contribution in [0.2, 0.25) is 0 Å². The number of carbonyl (C=O) groups is 2. The van der Waals surface area contributed by atoms with Gasteiger partial charge in [-0.25, -0.2) is 0 Å². The zero-order valence-corrected chi connectivity index (χ0v) is 11.7. The van der Waals surface area contributed by atoms with Crippen molar-refractivity contribution in [2.75, 3.05) is 26.2 Å². The van der Waals surface area contributed by atoms with Gasteiger partial charge >= 0.3 is 5.97 Å². The van der Waals surface area contributed by atoms with Crippen molar-refractivity contribution in [3.8, 4) is 0 Å². The standard InChI is InChI=1S/C15H20N2O3/c1-2-16(11-15(19)20)10-14(18)17-8-7-12-5-3-4-6-13(12)9-17/h3-6H,2,7-11H2,1H3,(H,19,20). The minimum atomic E-state index is -0.899. The molecular weight excluding hydrogens is 256 g/mol. The van der Waals surface area contributed by atoms with E-state index in [1.54, 1.807) is 4.90 Å². The minimum Gasteiger partial charge on any atom is -0.480 e. The molecule has 0 saturated carbocycles. The van der Waals surface area contributed by atoms with Gasteiger partial charge in [-0.15, -0.1) is 0 Å². The van der Waals surface area contributed by atoms with Gasteiger partial charge in [-0.2, -0.15) is 0 Å². The Kier molecular flexibility index (Phi) is 4.74. The molecule has 0 aliphatic carbocycles. The third-order valence-corrected chi connectivity index (χ3v) is 3.65. The number of likely N-dealkylation sites (N-methyl/N-ethyl adjacent to an activating group) is 1. The monoisotopic (exact) mass is 276 g/mol. The number of benzene rings is 1. The SMILES string of the molecule is CCN(CC(=O)O)CC(=O)N1CCc2ccccc2C1. The number of rotatable bonds is 5. The smallest absolute Gasteiger partial charge is 0.317 e. The second-order valence-corrected chi connectivity index (χ2v) is 5.03. The summed E-state index contributed by atoms with van der Waals surface area (Å²) >= 11 is 0. The van der Waals surface area contributed by atoms with Crippen molar-refractivity contribution in [2.24, 2.45) is 0 Å². The molecule has 0 radical (unpaired) electrons. The number of aliphatic carboxylic acids is 1. The second-order valence-electron chi connectivity index (χ2n) is 5.03. The number of amides is 1. The summed E-state index contributed by atoms with van der Waals surface area (Å²) in [6, 6.07) is 8.14. The first-order chi connectivity index (χ1) is 9.60. The Morgan fingerprint density at radius 2 is 1.95 bits per heavy atom. The molecule has 0 bridgehead atoms. The Balaban J connectivity index is 1.95. The molecule has 1 amide bonds.